The van der Waals surface area contributed by atoms with Crippen LogP contribution in [0, 0.1) is 5.82 Å². The Hall–Kier alpha value is -1.97. The Balaban J connectivity index is 2.44. The molecule has 0 radical (unpaired) electrons. The molecule has 0 saturated heterocycles. The lowest BCUT2D eigenvalue weighted by molar-refractivity contribution is 0.0976. The van der Waals surface area contributed by atoms with Crippen molar-refractivity contribution in [1.29, 1.82) is 0 Å². The second kappa shape index (κ2) is 4.26. The third-order valence-electron chi connectivity index (χ3n) is 2.32. The average molecular weight is 218 g/mol. The van der Waals surface area contributed by atoms with Crippen LogP contribution in [-0.2, 0) is 0 Å². The van der Waals surface area contributed by atoms with E-state index in [-0.39, 0.29) is 11.6 Å². The number of carbonyl (C=O) groups is 1. The van der Waals surface area contributed by atoms with Gasteiger partial charge in [-0.2, -0.15) is 0 Å². The lowest BCUT2D eigenvalue weighted by atomic mass is 10.2. The lowest BCUT2D eigenvalue weighted by Crippen LogP contribution is -2.07. The molecule has 0 aliphatic heterocycles. The molecule has 4 heteroatoms. The summed E-state index contributed by atoms with van der Waals surface area (Å²) in [6.07, 6.45) is 3.65. The van der Waals surface area contributed by atoms with Crippen molar-refractivity contribution in [2.24, 2.45) is 0 Å². The fraction of sp³-hybridized carbons (Fsp3) is 0.167. The van der Waals surface area contributed by atoms with Gasteiger partial charge in [0.15, 0.2) is 11.6 Å². The summed E-state index contributed by atoms with van der Waals surface area (Å²) in [5.41, 5.74) is 0.732. The van der Waals surface area contributed by atoms with Gasteiger partial charge in [-0.15, -0.1) is 0 Å². The van der Waals surface area contributed by atoms with E-state index in [0.29, 0.717) is 12.2 Å². The van der Waals surface area contributed by atoms with E-state index in [1.807, 2.05) is 0 Å². The van der Waals surface area contributed by atoms with Crippen LogP contribution < -0.4 is 0 Å². The normalized spacial score (nSPS) is 10.4. The number of hydrogen-bond acceptors (Lipinski definition) is 2. The van der Waals surface area contributed by atoms with Gasteiger partial charge < -0.3 is 0 Å². The van der Waals surface area contributed by atoms with Gasteiger partial charge >= 0.3 is 0 Å². The highest BCUT2D eigenvalue weighted by Gasteiger charge is 2.11. The summed E-state index contributed by atoms with van der Waals surface area (Å²) in [6.45, 7) is 1.78. The van der Waals surface area contributed by atoms with E-state index in [2.05, 4.69) is 4.98 Å². The topological polar surface area (TPSA) is 34.9 Å². The second-order valence-corrected chi connectivity index (χ2v) is 3.37. The van der Waals surface area contributed by atoms with Crippen molar-refractivity contribution >= 4 is 5.78 Å². The Morgan fingerprint density at radius 3 is 2.69 bits per heavy atom. The predicted molar refractivity (Wildman–Crippen MR) is 58.1 cm³/mol. The molecule has 3 nitrogen and oxygen atoms in total. The lowest BCUT2D eigenvalue weighted by Gasteiger charge is -2.05. The van der Waals surface area contributed by atoms with Gasteiger partial charge in [-0.3, -0.25) is 9.36 Å². The highest BCUT2D eigenvalue weighted by molar-refractivity contribution is 5.93. The molecule has 0 aliphatic carbocycles. The van der Waals surface area contributed by atoms with E-state index in [9.17, 15) is 9.18 Å². The molecule has 1 aromatic heterocycles. The monoisotopic (exact) mass is 218 g/mol. The molecule has 1 aromatic carbocycles. The third-order valence-corrected chi connectivity index (χ3v) is 2.32. The van der Waals surface area contributed by atoms with Crippen LogP contribution in [0.1, 0.15) is 24.0 Å². The fourth-order valence-corrected chi connectivity index (χ4v) is 1.48. The highest BCUT2D eigenvalue weighted by atomic mass is 19.1. The molecular weight excluding hydrogens is 207 g/mol. The molecule has 82 valence electrons. The minimum absolute atomic E-state index is 0.0330. The summed E-state index contributed by atoms with van der Waals surface area (Å²) >= 11 is 0. The smallest absolute Gasteiger partial charge is 0.198 e. The first-order valence-electron chi connectivity index (χ1n) is 5.05. The first kappa shape index (κ1) is 10.5. The number of nitrogens with zero attached hydrogens (tertiary/aromatic N) is 2. The number of benzene rings is 1. The van der Waals surface area contributed by atoms with E-state index in [1.165, 1.54) is 12.1 Å². The van der Waals surface area contributed by atoms with E-state index >= 15 is 0 Å². The van der Waals surface area contributed by atoms with Crippen molar-refractivity contribution < 1.29 is 9.18 Å². The van der Waals surface area contributed by atoms with Crippen LogP contribution in [0.2, 0.25) is 0 Å². The summed E-state index contributed by atoms with van der Waals surface area (Å²) in [4.78, 5) is 15.6. The van der Waals surface area contributed by atoms with Gasteiger partial charge in [-0.1, -0.05) is 6.92 Å². The molecule has 0 unspecified atom stereocenters. The van der Waals surface area contributed by atoms with E-state index in [0.717, 1.165) is 5.69 Å². The van der Waals surface area contributed by atoms with Gasteiger partial charge in [0, 0.05) is 24.5 Å². The fourth-order valence-electron chi connectivity index (χ4n) is 1.48. The highest BCUT2D eigenvalue weighted by Crippen LogP contribution is 2.12. The van der Waals surface area contributed by atoms with E-state index in [1.54, 1.807) is 36.0 Å². The number of imidazole rings is 1. The quantitative estimate of drug-likeness (QED) is 0.742. The largest absolute Gasteiger partial charge is 0.297 e. The molecule has 2 rings (SSSR count). The number of aromatic nitrogens is 2. The molecule has 0 fully saturated rings. The molecule has 2 aromatic rings. The molecule has 0 saturated carbocycles. The summed E-state index contributed by atoms with van der Waals surface area (Å²) in [5.74, 6) is 0.0515. The number of Topliss-reactive ketones (excluding diaryl/α,β-unsaturated/α-hetero) is 1. The van der Waals surface area contributed by atoms with E-state index < -0.39 is 0 Å². The van der Waals surface area contributed by atoms with Crippen LogP contribution in [0.5, 0.6) is 0 Å². The summed E-state index contributed by atoms with van der Waals surface area (Å²) < 4.78 is 14.4. The summed E-state index contributed by atoms with van der Waals surface area (Å²) in [5, 5.41) is 0. The van der Waals surface area contributed by atoms with Crippen molar-refractivity contribution in [2.45, 2.75) is 13.3 Å². The zero-order chi connectivity index (χ0) is 11.5. The Labute approximate surface area is 92.5 Å². The minimum Gasteiger partial charge on any atom is -0.297 e. The first-order valence-corrected chi connectivity index (χ1v) is 5.05. The molecule has 16 heavy (non-hydrogen) atoms. The van der Waals surface area contributed by atoms with Crippen LogP contribution in [0.25, 0.3) is 5.69 Å². The Morgan fingerprint density at radius 2 is 2.06 bits per heavy atom. The number of carbonyl (C=O) groups excluding carboxylic acids is 1. The van der Waals surface area contributed by atoms with Gasteiger partial charge in [0.2, 0.25) is 0 Å². The number of hydrogen-bond donors (Lipinski definition) is 0. The zero-order valence-corrected chi connectivity index (χ0v) is 8.85. The van der Waals surface area contributed by atoms with Crippen LogP contribution in [0.3, 0.4) is 0 Å². The van der Waals surface area contributed by atoms with Crippen molar-refractivity contribution in [3.8, 4) is 5.69 Å². The molecule has 0 amide bonds. The van der Waals surface area contributed by atoms with Gasteiger partial charge in [0.05, 0.1) is 0 Å². The molecule has 1 heterocycles. The minimum atomic E-state index is -0.299. The predicted octanol–water partition coefficient (Wildman–Crippen LogP) is 2.60. The van der Waals surface area contributed by atoms with Crippen molar-refractivity contribution in [1.82, 2.24) is 9.55 Å². The standard InChI is InChI=1S/C12H11FN2O/c1-2-11(16)12-14-7-8-15(12)10-5-3-9(13)4-6-10/h3-8H,2H2,1H3. The Morgan fingerprint density at radius 1 is 1.38 bits per heavy atom. The maximum Gasteiger partial charge on any atom is 0.198 e. The van der Waals surface area contributed by atoms with Crippen LogP contribution in [-0.4, -0.2) is 15.3 Å². The summed E-state index contributed by atoms with van der Waals surface area (Å²) in [6, 6.07) is 5.94. The molecule has 0 bridgehead atoms. The number of rotatable bonds is 3. The number of ketones is 1. The zero-order valence-electron chi connectivity index (χ0n) is 8.85. The molecule has 0 N–H and O–H groups in total. The molecule has 0 spiro atoms. The van der Waals surface area contributed by atoms with Crippen LogP contribution >= 0.6 is 0 Å². The van der Waals surface area contributed by atoms with Crippen molar-refractivity contribution in [3.63, 3.8) is 0 Å². The first-order chi connectivity index (χ1) is 7.72. The van der Waals surface area contributed by atoms with Crippen LogP contribution in [0.4, 0.5) is 4.39 Å². The van der Waals surface area contributed by atoms with Crippen molar-refractivity contribution in [3.05, 3.63) is 48.3 Å². The summed E-state index contributed by atoms with van der Waals surface area (Å²) in [7, 11) is 0. The Kier molecular flexibility index (Phi) is 2.81. The van der Waals surface area contributed by atoms with Gasteiger partial charge in [-0.05, 0) is 24.3 Å². The van der Waals surface area contributed by atoms with Crippen molar-refractivity contribution in [2.75, 3.05) is 0 Å². The average Bonchev–Trinajstić information content (AvgIpc) is 2.78. The van der Waals surface area contributed by atoms with Gasteiger partial charge in [0.1, 0.15) is 5.82 Å². The molecular formula is C12H11FN2O. The molecule has 0 aliphatic rings. The third kappa shape index (κ3) is 1.86. The SMILES string of the molecule is CCC(=O)c1nccn1-c1ccc(F)cc1. The van der Waals surface area contributed by atoms with Gasteiger partial charge in [-0.25, -0.2) is 9.37 Å². The van der Waals surface area contributed by atoms with E-state index in [4.69, 9.17) is 0 Å². The van der Waals surface area contributed by atoms with Gasteiger partial charge in [0.25, 0.3) is 0 Å². The number of halogens is 1. The Bertz CT molecular complexity index is 502. The molecule has 0 atom stereocenters. The second-order valence-electron chi connectivity index (χ2n) is 3.37. The maximum absolute atomic E-state index is 12.8. The van der Waals surface area contributed by atoms with Crippen LogP contribution in [0.15, 0.2) is 36.7 Å². The maximum atomic E-state index is 12.8.